The topological polar surface area (TPSA) is 32.3 Å². The second kappa shape index (κ2) is 5.79. The summed E-state index contributed by atoms with van der Waals surface area (Å²) in [5.74, 6) is -4.77. The van der Waals surface area contributed by atoms with Crippen LogP contribution in [0.25, 0.3) is 0 Å². The molecule has 0 aliphatic heterocycles. The third kappa shape index (κ3) is 4.71. The van der Waals surface area contributed by atoms with E-state index in [9.17, 15) is 26.3 Å². The van der Waals surface area contributed by atoms with Gasteiger partial charge in [-0.2, -0.15) is 13.2 Å². The molecule has 8 heteroatoms. The van der Waals surface area contributed by atoms with Gasteiger partial charge in [0.15, 0.2) is 0 Å². The summed E-state index contributed by atoms with van der Waals surface area (Å²) in [7, 11) is 0. The lowest BCUT2D eigenvalue weighted by atomic mass is 10.1. The maximum Gasteiger partial charge on any atom is 0.419 e. The Balaban J connectivity index is 2.71. The number of benzene rings is 1. The molecule has 19 heavy (non-hydrogen) atoms. The first-order valence-electron chi connectivity index (χ1n) is 5.21. The third-order valence-corrected chi connectivity index (χ3v) is 2.28. The number of alkyl halides is 5. The summed E-state index contributed by atoms with van der Waals surface area (Å²) in [5, 5.41) is 10.5. The van der Waals surface area contributed by atoms with E-state index in [-0.39, 0.29) is 12.1 Å². The average Bonchev–Trinajstić information content (AvgIpc) is 2.30. The van der Waals surface area contributed by atoms with Crippen LogP contribution < -0.4 is 5.32 Å². The minimum atomic E-state index is -4.84. The summed E-state index contributed by atoms with van der Waals surface area (Å²) < 4.78 is 75.4. The van der Waals surface area contributed by atoms with E-state index in [2.05, 4.69) is 5.32 Å². The normalized spacial score (nSPS) is 12.8. The van der Waals surface area contributed by atoms with Crippen LogP contribution in [0.2, 0.25) is 0 Å². The number of aliphatic hydroxyl groups excluding tert-OH is 1. The lowest BCUT2D eigenvalue weighted by Gasteiger charge is -2.15. The van der Waals surface area contributed by atoms with Crippen LogP contribution in [0.3, 0.4) is 0 Å². The fourth-order valence-electron chi connectivity index (χ4n) is 1.35. The molecule has 0 aromatic heterocycles. The van der Waals surface area contributed by atoms with Gasteiger partial charge in [0.2, 0.25) is 0 Å². The van der Waals surface area contributed by atoms with Crippen molar-refractivity contribution in [3.05, 3.63) is 35.1 Å². The summed E-state index contributed by atoms with van der Waals surface area (Å²) in [6, 6.07) is 2.25. The van der Waals surface area contributed by atoms with Crippen molar-refractivity contribution in [1.82, 2.24) is 5.32 Å². The number of hydrogen-bond donors (Lipinski definition) is 2. The zero-order chi connectivity index (χ0) is 14.7. The molecule has 2 N–H and O–H groups in total. The highest BCUT2D eigenvalue weighted by atomic mass is 19.4. The van der Waals surface area contributed by atoms with E-state index < -0.39 is 36.6 Å². The van der Waals surface area contributed by atoms with E-state index in [1.807, 2.05) is 0 Å². The van der Waals surface area contributed by atoms with Crippen LogP contribution in [0, 0.1) is 5.82 Å². The first-order valence-corrected chi connectivity index (χ1v) is 5.21. The Bertz CT molecular complexity index is 432. The Hall–Kier alpha value is -1.28. The largest absolute Gasteiger partial charge is 0.419 e. The average molecular weight is 287 g/mol. The molecule has 0 saturated carbocycles. The van der Waals surface area contributed by atoms with Gasteiger partial charge in [-0.15, -0.1) is 0 Å². The predicted octanol–water partition coefficient (Wildman–Crippen LogP) is 2.56. The molecule has 0 saturated heterocycles. The quantitative estimate of drug-likeness (QED) is 0.816. The van der Waals surface area contributed by atoms with Gasteiger partial charge < -0.3 is 10.4 Å². The van der Waals surface area contributed by atoms with Gasteiger partial charge in [0.1, 0.15) is 12.4 Å². The lowest BCUT2D eigenvalue weighted by Crippen LogP contribution is -2.35. The molecule has 0 unspecified atom stereocenters. The minimum absolute atomic E-state index is 0.0162. The van der Waals surface area contributed by atoms with Gasteiger partial charge in [-0.1, -0.05) is 6.07 Å². The molecular weight excluding hydrogens is 276 g/mol. The van der Waals surface area contributed by atoms with Crippen LogP contribution in [0.5, 0.6) is 0 Å². The Labute approximate surface area is 105 Å². The van der Waals surface area contributed by atoms with Crippen LogP contribution >= 0.6 is 0 Å². The summed E-state index contributed by atoms with van der Waals surface area (Å²) in [6.45, 7) is -2.54. The molecule has 108 valence electrons. The number of nitrogens with one attached hydrogen (secondary N) is 1. The standard InChI is InChI=1S/C11H11F6NO/c12-9-2-1-7(3-8(9)11(15,16)17)4-18-5-10(13,14)6-19/h1-3,18-19H,4-6H2. The molecule has 1 aromatic carbocycles. The van der Waals surface area contributed by atoms with Gasteiger partial charge in [0.05, 0.1) is 12.1 Å². The summed E-state index contributed by atoms with van der Waals surface area (Å²) >= 11 is 0. The summed E-state index contributed by atoms with van der Waals surface area (Å²) in [5.41, 5.74) is -1.43. The molecule has 0 amide bonds. The smallest absolute Gasteiger partial charge is 0.390 e. The van der Waals surface area contributed by atoms with Gasteiger partial charge in [-0.3, -0.25) is 0 Å². The van der Waals surface area contributed by atoms with Gasteiger partial charge >= 0.3 is 6.18 Å². The highest BCUT2D eigenvalue weighted by molar-refractivity contribution is 5.27. The molecule has 0 aliphatic rings. The monoisotopic (exact) mass is 287 g/mol. The van der Waals surface area contributed by atoms with Crippen molar-refractivity contribution in [3.8, 4) is 0 Å². The van der Waals surface area contributed by atoms with Gasteiger partial charge in [0, 0.05) is 6.54 Å². The highest BCUT2D eigenvalue weighted by Crippen LogP contribution is 2.31. The third-order valence-electron chi connectivity index (χ3n) is 2.28. The SMILES string of the molecule is OCC(F)(F)CNCc1ccc(F)c(C(F)(F)F)c1. The van der Waals surface area contributed by atoms with Crippen LogP contribution in [0.4, 0.5) is 26.3 Å². The van der Waals surface area contributed by atoms with Crippen molar-refractivity contribution in [2.75, 3.05) is 13.2 Å². The van der Waals surface area contributed by atoms with Gasteiger partial charge in [-0.05, 0) is 17.7 Å². The molecule has 0 heterocycles. The van der Waals surface area contributed by atoms with Crippen molar-refractivity contribution >= 4 is 0 Å². The van der Waals surface area contributed by atoms with E-state index >= 15 is 0 Å². The van der Waals surface area contributed by atoms with Crippen molar-refractivity contribution in [2.24, 2.45) is 0 Å². The van der Waals surface area contributed by atoms with E-state index in [0.717, 1.165) is 6.07 Å². The molecule has 1 rings (SSSR count). The first kappa shape index (κ1) is 15.8. The van der Waals surface area contributed by atoms with E-state index in [1.54, 1.807) is 0 Å². The number of rotatable bonds is 5. The van der Waals surface area contributed by atoms with E-state index in [1.165, 1.54) is 0 Å². The van der Waals surface area contributed by atoms with Crippen molar-refractivity contribution in [1.29, 1.82) is 0 Å². The molecular formula is C11H11F6NO. The molecule has 0 bridgehead atoms. The maximum absolute atomic E-state index is 12.9. The summed E-state index contributed by atoms with van der Waals surface area (Å²) in [4.78, 5) is 0. The predicted molar refractivity (Wildman–Crippen MR) is 55.1 cm³/mol. The Morgan fingerprint density at radius 3 is 2.26 bits per heavy atom. The molecule has 0 radical (unpaired) electrons. The number of halogens is 6. The number of aliphatic hydroxyl groups is 1. The van der Waals surface area contributed by atoms with Crippen LogP contribution in [-0.2, 0) is 12.7 Å². The van der Waals surface area contributed by atoms with Crippen molar-refractivity contribution in [3.63, 3.8) is 0 Å². The minimum Gasteiger partial charge on any atom is -0.390 e. The molecule has 1 aromatic rings. The highest BCUT2D eigenvalue weighted by Gasteiger charge is 2.34. The van der Waals surface area contributed by atoms with Crippen molar-refractivity contribution < 1.29 is 31.4 Å². The first-order chi connectivity index (χ1) is 8.65. The van der Waals surface area contributed by atoms with Gasteiger partial charge in [0.25, 0.3) is 5.92 Å². The number of hydrogen-bond acceptors (Lipinski definition) is 2. The Kier molecular flexibility index (Phi) is 4.81. The Morgan fingerprint density at radius 1 is 1.11 bits per heavy atom. The van der Waals surface area contributed by atoms with Crippen molar-refractivity contribution in [2.45, 2.75) is 18.6 Å². The van der Waals surface area contributed by atoms with Crippen LogP contribution in [0.15, 0.2) is 18.2 Å². The van der Waals surface area contributed by atoms with E-state index in [4.69, 9.17) is 5.11 Å². The Morgan fingerprint density at radius 2 is 1.74 bits per heavy atom. The zero-order valence-corrected chi connectivity index (χ0v) is 9.57. The second-order valence-electron chi connectivity index (χ2n) is 3.93. The zero-order valence-electron chi connectivity index (χ0n) is 9.57. The second-order valence-corrected chi connectivity index (χ2v) is 3.93. The molecule has 0 fully saturated rings. The molecule has 0 aliphatic carbocycles. The van der Waals surface area contributed by atoms with Gasteiger partial charge in [-0.25, -0.2) is 13.2 Å². The van der Waals surface area contributed by atoms with Crippen LogP contribution in [-0.4, -0.2) is 24.2 Å². The summed E-state index contributed by atoms with van der Waals surface area (Å²) in [6.07, 6.45) is -4.84. The fourth-order valence-corrected chi connectivity index (χ4v) is 1.35. The van der Waals surface area contributed by atoms with Crippen LogP contribution in [0.1, 0.15) is 11.1 Å². The van der Waals surface area contributed by atoms with E-state index in [0.29, 0.717) is 12.1 Å². The molecule has 0 atom stereocenters. The maximum atomic E-state index is 12.9. The molecule has 2 nitrogen and oxygen atoms in total. The lowest BCUT2D eigenvalue weighted by molar-refractivity contribution is -0.140. The molecule has 0 spiro atoms. The fraction of sp³-hybridized carbons (Fsp3) is 0.455.